The summed E-state index contributed by atoms with van der Waals surface area (Å²) in [6.45, 7) is 5.76. The summed E-state index contributed by atoms with van der Waals surface area (Å²) in [5, 5.41) is 2.79. The first-order valence-electron chi connectivity index (χ1n) is 8.49. The van der Waals surface area contributed by atoms with Gasteiger partial charge in [0.15, 0.2) is 5.82 Å². The van der Waals surface area contributed by atoms with Crippen molar-refractivity contribution >= 4 is 23.4 Å². The molecule has 3 rings (SSSR count). The molecule has 0 radical (unpaired) electrons. The van der Waals surface area contributed by atoms with E-state index in [4.69, 9.17) is 0 Å². The van der Waals surface area contributed by atoms with Crippen molar-refractivity contribution < 1.29 is 14.0 Å². The van der Waals surface area contributed by atoms with Crippen molar-refractivity contribution in [3.8, 4) is 0 Å². The number of hydrogen-bond acceptors (Lipinski definition) is 3. The maximum absolute atomic E-state index is 13.0. The number of carbonyl (C=O) groups is 2. The van der Waals surface area contributed by atoms with E-state index in [1.165, 1.54) is 17.0 Å². The molecule has 0 fully saturated rings. The Kier molecular flexibility index (Phi) is 4.88. The molecule has 1 N–H and O–H groups in total. The van der Waals surface area contributed by atoms with Gasteiger partial charge in [-0.1, -0.05) is 12.1 Å². The van der Waals surface area contributed by atoms with Crippen LogP contribution in [0.25, 0.3) is 0 Å². The second kappa shape index (κ2) is 7.11. The standard InChI is InChI=1S/C19H21FN4O2/c1-12(2)23-17-16(5-4-10-21-17)24(13(3)18(23)25)19(26)22-11-14-6-8-15(20)9-7-14/h4-10,12-13H,11H2,1-3H3,(H,22,26). The van der Waals surface area contributed by atoms with Crippen LogP contribution in [0.4, 0.5) is 20.7 Å². The van der Waals surface area contributed by atoms with Crippen molar-refractivity contribution in [3.63, 3.8) is 0 Å². The zero-order valence-corrected chi connectivity index (χ0v) is 14.9. The Balaban J connectivity index is 1.85. The summed E-state index contributed by atoms with van der Waals surface area (Å²) in [7, 11) is 0. The number of nitrogens with zero attached hydrogens (tertiary/aromatic N) is 3. The van der Waals surface area contributed by atoms with E-state index in [0.29, 0.717) is 11.5 Å². The smallest absolute Gasteiger partial charge is 0.323 e. The molecule has 1 atom stereocenters. The molecule has 3 amide bonds. The highest BCUT2D eigenvalue weighted by atomic mass is 19.1. The van der Waals surface area contributed by atoms with Gasteiger partial charge in [0, 0.05) is 18.8 Å². The van der Waals surface area contributed by atoms with Crippen molar-refractivity contribution in [2.24, 2.45) is 0 Å². The highest BCUT2D eigenvalue weighted by molar-refractivity contribution is 6.11. The number of fused-ring (bicyclic) bond motifs is 1. The first-order valence-corrected chi connectivity index (χ1v) is 8.49. The molecule has 7 heteroatoms. The minimum absolute atomic E-state index is 0.0666. The van der Waals surface area contributed by atoms with Crippen LogP contribution in [-0.2, 0) is 11.3 Å². The minimum atomic E-state index is -0.651. The first kappa shape index (κ1) is 17.8. The maximum Gasteiger partial charge on any atom is 0.323 e. The van der Waals surface area contributed by atoms with Crippen LogP contribution in [0, 0.1) is 5.82 Å². The number of carbonyl (C=O) groups excluding carboxylic acids is 2. The second-order valence-electron chi connectivity index (χ2n) is 6.48. The van der Waals surface area contributed by atoms with Gasteiger partial charge in [-0.15, -0.1) is 0 Å². The van der Waals surface area contributed by atoms with Gasteiger partial charge >= 0.3 is 6.03 Å². The molecule has 1 aromatic carbocycles. The summed E-state index contributed by atoms with van der Waals surface area (Å²) in [4.78, 5) is 32.9. The van der Waals surface area contributed by atoms with Crippen molar-refractivity contribution in [1.29, 1.82) is 0 Å². The zero-order valence-electron chi connectivity index (χ0n) is 14.9. The molecule has 0 aliphatic carbocycles. The number of nitrogens with one attached hydrogen (secondary N) is 1. The Bertz CT molecular complexity index is 823. The van der Waals surface area contributed by atoms with Crippen LogP contribution >= 0.6 is 0 Å². The molecule has 1 unspecified atom stereocenters. The molecule has 26 heavy (non-hydrogen) atoms. The average molecular weight is 356 g/mol. The second-order valence-corrected chi connectivity index (χ2v) is 6.48. The van der Waals surface area contributed by atoms with Gasteiger partial charge in [0.1, 0.15) is 11.9 Å². The van der Waals surface area contributed by atoms with Crippen LogP contribution in [0.1, 0.15) is 26.3 Å². The molecule has 6 nitrogen and oxygen atoms in total. The molecule has 1 aliphatic rings. The van der Waals surface area contributed by atoms with E-state index in [1.807, 2.05) is 13.8 Å². The van der Waals surface area contributed by atoms with E-state index in [9.17, 15) is 14.0 Å². The first-order chi connectivity index (χ1) is 12.4. The third-order valence-electron chi connectivity index (χ3n) is 4.33. The quantitative estimate of drug-likeness (QED) is 0.919. The van der Waals surface area contributed by atoms with Crippen LogP contribution in [-0.4, -0.2) is 29.0 Å². The van der Waals surface area contributed by atoms with E-state index in [1.54, 1.807) is 42.3 Å². The van der Waals surface area contributed by atoms with Crippen LogP contribution in [0.3, 0.4) is 0 Å². The molecule has 2 aromatic rings. The predicted octanol–water partition coefficient (Wildman–Crippen LogP) is 3.08. The number of urea groups is 1. The normalized spacial score (nSPS) is 16.7. The third kappa shape index (κ3) is 3.24. The van der Waals surface area contributed by atoms with Crippen molar-refractivity contribution in [3.05, 3.63) is 54.0 Å². The number of rotatable bonds is 3. The summed E-state index contributed by atoms with van der Waals surface area (Å²) in [6, 6.07) is 8.30. The summed E-state index contributed by atoms with van der Waals surface area (Å²) < 4.78 is 13.0. The molecule has 1 aromatic heterocycles. The van der Waals surface area contributed by atoms with Gasteiger partial charge in [-0.25, -0.2) is 14.2 Å². The van der Waals surface area contributed by atoms with Gasteiger partial charge in [0.2, 0.25) is 0 Å². The fourth-order valence-corrected chi connectivity index (χ4v) is 3.04. The van der Waals surface area contributed by atoms with Gasteiger partial charge in [-0.2, -0.15) is 0 Å². The van der Waals surface area contributed by atoms with Gasteiger partial charge in [0.25, 0.3) is 5.91 Å². The van der Waals surface area contributed by atoms with Crippen LogP contribution in [0.2, 0.25) is 0 Å². The summed E-state index contributed by atoms with van der Waals surface area (Å²) in [5.41, 5.74) is 1.36. The Morgan fingerprint density at radius 2 is 1.96 bits per heavy atom. The molecular weight excluding hydrogens is 335 g/mol. The fourth-order valence-electron chi connectivity index (χ4n) is 3.04. The zero-order chi connectivity index (χ0) is 18.8. The average Bonchev–Trinajstić information content (AvgIpc) is 2.62. The van der Waals surface area contributed by atoms with Crippen molar-refractivity contribution in [2.45, 2.75) is 39.4 Å². The van der Waals surface area contributed by atoms with E-state index < -0.39 is 12.1 Å². The Morgan fingerprint density at radius 1 is 1.27 bits per heavy atom. The molecular formula is C19H21FN4O2. The van der Waals surface area contributed by atoms with Crippen molar-refractivity contribution in [1.82, 2.24) is 10.3 Å². The van der Waals surface area contributed by atoms with E-state index in [0.717, 1.165) is 5.56 Å². The van der Waals surface area contributed by atoms with Gasteiger partial charge in [0.05, 0.1) is 5.69 Å². The molecule has 0 saturated carbocycles. The third-order valence-corrected chi connectivity index (χ3v) is 4.33. The van der Waals surface area contributed by atoms with Crippen LogP contribution < -0.4 is 15.1 Å². The maximum atomic E-state index is 13.0. The Labute approximate surface area is 151 Å². The molecule has 0 spiro atoms. The van der Waals surface area contributed by atoms with Gasteiger partial charge in [-0.3, -0.25) is 14.6 Å². The van der Waals surface area contributed by atoms with Crippen LogP contribution in [0.15, 0.2) is 42.6 Å². The van der Waals surface area contributed by atoms with Crippen LogP contribution in [0.5, 0.6) is 0 Å². The minimum Gasteiger partial charge on any atom is -0.334 e. The molecule has 0 saturated heterocycles. The number of amides is 3. The highest BCUT2D eigenvalue weighted by Crippen LogP contribution is 2.35. The predicted molar refractivity (Wildman–Crippen MR) is 97.4 cm³/mol. The van der Waals surface area contributed by atoms with E-state index in [2.05, 4.69) is 10.3 Å². The summed E-state index contributed by atoms with van der Waals surface area (Å²) in [6.07, 6.45) is 1.60. The molecule has 2 heterocycles. The SMILES string of the molecule is CC(C)N1C(=O)C(C)N(C(=O)NCc2ccc(F)cc2)c2cccnc21. The summed E-state index contributed by atoms with van der Waals surface area (Å²) in [5.74, 6) is -0.0326. The number of halogens is 1. The summed E-state index contributed by atoms with van der Waals surface area (Å²) >= 11 is 0. The van der Waals surface area contributed by atoms with E-state index >= 15 is 0 Å². The highest BCUT2D eigenvalue weighted by Gasteiger charge is 2.40. The lowest BCUT2D eigenvalue weighted by Gasteiger charge is -2.40. The van der Waals surface area contributed by atoms with Gasteiger partial charge in [-0.05, 0) is 50.6 Å². The number of aromatic nitrogens is 1. The number of anilines is 2. The molecule has 136 valence electrons. The number of pyridine rings is 1. The van der Waals surface area contributed by atoms with Crippen molar-refractivity contribution in [2.75, 3.05) is 9.80 Å². The number of benzene rings is 1. The topological polar surface area (TPSA) is 65.5 Å². The monoisotopic (exact) mass is 356 g/mol. The lowest BCUT2D eigenvalue weighted by Crippen LogP contribution is -2.58. The Morgan fingerprint density at radius 3 is 2.62 bits per heavy atom. The molecule has 0 bridgehead atoms. The lowest BCUT2D eigenvalue weighted by molar-refractivity contribution is -0.120. The van der Waals surface area contributed by atoms with E-state index in [-0.39, 0.29) is 24.3 Å². The lowest BCUT2D eigenvalue weighted by atomic mass is 10.1. The largest absolute Gasteiger partial charge is 0.334 e. The molecule has 1 aliphatic heterocycles. The fraction of sp³-hybridized carbons (Fsp3) is 0.316. The Hall–Kier alpha value is -2.96. The number of hydrogen-bond donors (Lipinski definition) is 1. The van der Waals surface area contributed by atoms with Gasteiger partial charge < -0.3 is 5.32 Å².